The predicted octanol–water partition coefficient (Wildman–Crippen LogP) is 2.53. The summed E-state index contributed by atoms with van der Waals surface area (Å²) in [6, 6.07) is 11.1. The first-order valence-electron chi connectivity index (χ1n) is 7.91. The van der Waals surface area contributed by atoms with Crippen LogP contribution in [-0.2, 0) is 4.79 Å². The normalized spacial score (nSPS) is 26.1. The Bertz CT molecular complexity index is 438. The summed E-state index contributed by atoms with van der Waals surface area (Å²) in [6.45, 7) is 2.41. The van der Waals surface area contributed by atoms with Gasteiger partial charge in [0.1, 0.15) is 0 Å². The molecule has 1 N–H and O–H groups in total. The number of benzene rings is 1. The van der Waals surface area contributed by atoms with Crippen molar-refractivity contribution in [2.24, 2.45) is 0 Å². The zero-order valence-electron chi connectivity index (χ0n) is 12.1. The Kier molecular flexibility index (Phi) is 4.36. The first-order valence-corrected chi connectivity index (χ1v) is 7.91. The summed E-state index contributed by atoms with van der Waals surface area (Å²) in [6.07, 6.45) is 6.05. The van der Waals surface area contributed by atoms with E-state index in [2.05, 4.69) is 35.6 Å². The smallest absolute Gasteiger partial charge is 0.236 e. The summed E-state index contributed by atoms with van der Waals surface area (Å²) in [4.78, 5) is 14.2. The molecule has 1 aromatic carbocycles. The fraction of sp³-hybridized carbons (Fsp3) is 0.588. The van der Waals surface area contributed by atoms with E-state index in [0.29, 0.717) is 18.5 Å². The van der Waals surface area contributed by atoms with Crippen LogP contribution in [0.15, 0.2) is 30.3 Å². The number of carbonyl (C=O) groups excluding carboxylic acids is 1. The quantitative estimate of drug-likeness (QED) is 0.913. The van der Waals surface area contributed by atoms with E-state index in [1.165, 1.54) is 31.2 Å². The van der Waals surface area contributed by atoms with Crippen molar-refractivity contribution in [3.63, 3.8) is 0 Å². The SMILES string of the molecule is O=C(CNC1CC1c1ccccc1)N1CCCCCC1. The molecule has 2 atom stereocenters. The van der Waals surface area contributed by atoms with E-state index in [0.717, 1.165) is 19.5 Å². The molecule has 20 heavy (non-hydrogen) atoms. The largest absolute Gasteiger partial charge is 0.342 e. The van der Waals surface area contributed by atoms with Crippen molar-refractivity contribution in [1.82, 2.24) is 10.2 Å². The Labute approximate surface area is 121 Å². The van der Waals surface area contributed by atoms with Gasteiger partial charge < -0.3 is 10.2 Å². The van der Waals surface area contributed by atoms with Crippen LogP contribution in [0.5, 0.6) is 0 Å². The molecule has 1 saturated carbocycles. The van der Waals surface area contributed by atoms with Crippen LogP contribution in [-0.4, -0.2) is 36.5 Å². The number of hydrogen-bond acceptors (Lipinski definition) is 2. The monoisotopic (exact) mass is 272 g/mol. The molecule has 1 aliphatic heterocycles. The molecule has 0 aromatic heterocycles. The standard InChI is InChI=1S/C17H24N2O/c20-17(19-10-6-1-2-7-11-19)13-18-16-12-15(16)14-8-4-3-5-9-14/h3-5,8-9,15-16,18H,1-2,6-7,10-13H2. The van der Waals surface area contributed by atoms with Crippen LogP contribution in [0.4, 0.5) is 0 Å². The van der Waals surface area contributed by atoms with Crippen molar-refractivity contribution in [3.8, 4) is 0 Å². The maximum Gasteiger partial charge on any atom is 0.236 e. The summed E-state index contributed by atoms with van der Waals surface area (Å²) in [5.74, 6) is 0.888. The van der Waals surface area contributed by atoms with Crippen molar-refractivity contribution in [1.29, 1.82) is 0 Å². The minimum absolute atomic E-state index is 0.283. The lowest BCUT2D eigenvalue weighted by Crippen LogP contribution is -2.39. The number of carbonyl (C=O) groups is 1. The van der Waals surface area contributed by atoms with Gasteiger partial charge in [0.15, 0.2) is 0 Å². The molecule has 0 bridgehead atoms. The van der Waals surface area contributed by atoms with E-state index >= 15 is 0 Å². The fourth-order valence-corrected chi connectivity index (χ4v) is 3.14. The van der Waals surface area contributed by atoms with Gasteiger partial charge in [0.2, 0.25) is 5.91 Å². The Morgan fingerprint density at radius 2 is 1.80 bits per heavy atom. The van der Waals surface area contributed by atoms with Crippen molar-refractivity contribution >= 4 is 5.91 Å². The molecule has 2 unspecified atom stereocenters. The van der Waals surface area contributed by atoms with Gasteiger partial charge in [-0.05, 0) is 24.8 Å². The topological polar surface area (TPSA) is 32.3 Å². The van der Waals surface area contributed by atoms with Gasteiger partial charge in [0.05, 0.1) is 6.54 Å². The highest BCUT2D eigenvalue weighted by Crippen LogP contribution is 2.40. The third-order valence-corrected chi connectivity index (χ3v) is 4.49. The van der Waals surface area contributed by atoms with Crippen LogP contribution in [0.1, 0.15) is 43.6 Å². The number of hydrogen-bond donors (Lipinski definition) is 1. The summed E-state index contributed by atoms with van der Waals surface area (Å²) in [5.41, 5.74) is 1.40. The van der Waals surface area contributed by atoms with Gasteiger partial charge in [-0.2, -0.15) is 0 Å². The summed E-state index contributed by atoms with van der Waals surface area (Å²) in [7, 11) is 0. The number of likely N-dealkylation sites (tertiary alicyclic amines) is 1. The Hall–Kier alpha value is -1.35. The lowest BCUT2D eigenvalue weighted by atomic mass is 10.1. The maximum absolute atomic E-state index is 12.2. The molecule has 1 aromatic rings. The lowest BCUT2D eigenvalue weighted by Gasteiger charge is -2.20. The molecule has 1 aliphatic carbocycles. The number of rotatable bonds is 4. The van der Waals surface area contributed by atoms with E-state index in [1.54, 1.807) is 0 Å². The van der Waals surface area contributed by atoms with Crippen molar-refractivity contribution in [2.75, 3.05) is 19.6 Å². The minimum Gasteiger partial charge on any atom is -0.342 e. The number of amides is 1. The van der Waals surface area contributed by atoms with Gasteiger partial charge in [0.25, 0.3) is 0 Å². The van der Waals surface area contributed by atoms with Gasteiger partial charge in [-0.15, -0.1) is 0 Å². The minimum atomic E-state index is 0.283. The van der Waals surface area contributed by atoms with Crippen molar-refractivity contribution in [3.05, 3.63) is 35.9 Å². The third-order valence-electron chi connectivity index (χ3n) is 4.49. The molecule has 2 aliphatic rings. The number of nitrogens with one attached hydrogen (secondary N) is 1. The van der Waals surface area contributed by atoms with Gasteiger partial charge in [-0.3, -0.25) is 4.79 Å². The van der Waals surface area contributed by atoms with E-state index in [1.807, 2.05) is 4.90 Å². The predicted molar refractivity (Wildman–Crippen MR) is 80.6 cm³/mol. The molecule has 1 heterocycles. The van der Waals surface area contributed by atoms with Gasteiger partial charge >= 0.3 is 0 Å². The van der Waals surface area contributed by atoms with Crippen molar-refractivity contribution in [2.45, 2.75) is 44.1 Å². The molecule has 3 heteroatoms. The molecular weight excluding hydrogens is 248 g/mol. The van der Waals surface area contributed by atoms with Crippen LogP contribution >= 0.6 is 0 Å². The van der Waals surface area contributed by atoms with E-state index < -0.39 is 0 Å². The molecule has 1 saturated heterocycles. The van der Waals surface area contributed by atoms with Crippen LogP contribution in [0.2, 0.25) is 0 Å². The molecule has 0 spiro atoms. The molecule has 3 rings (SSSR count). The highest BCUT2D eigenvalue weighted by Gasteiger charge is 2.38. The molecule has 3 nitrogen and oxygen atoms in total. The van der Waals surface area contributed by atoms with E-state index in [9.17, 15) is 4.79 Å². The second kappa shape index (κ2) is 6.40. The van der Waals surface area contributed by atoms with Gasteiger partial charge in [-0.25, -0.2) is 0 Å². The zero-order chi connectivity index (χ0) is 13.8. The van der Waals surface area contributed by atoms with Crippen LogP contribution in [0.25, 0.3) is 0 Å². The second-order valence-corrected chi connectivity index (χ2v) is 6.04. The number of nitrogens with zero attached hydrogens (tertiary/aromatic N) is 1. The van der Waals surface area contributed by atoms with Crippen LogP contribution < -0.4 is 5.32 Å². The van der Waals surface area contributed by atoms with Gasteiger partial charge in [-0.1, -0.05) is 43.2 Å². The van der Waals surface area contributed by atoms with E-state index in [4.69, 9.17) is 0 Å². The van der Waals surface area contributed by atoms with E-state index in [-0.39, 0.29) is 5.91 Å². The van der Waals surface area contributed by atoms with Crippen LogP contribution in [0, 0.1) is 0 Å². The second-order valence-electron chi connectivity index (χ2n) is 6.04. The summed E-state index contributed by atoms with van der Waals surface area (Å²) in [5, 5.41) is 3.43. The average molecular weight is 272 g/mol. The first kappa shape index (κ1) is 13.6. The third kappa shape index (κ3) is 3.40. The maximum atomic E-state index is 12.2. The summed E-state index contributed by atoms with van der Waals surface area (Å²) < 4.78 is 0. The Morgan fingerprint density at radius 1 is 1.10 bits per heavy atom. The van der Waals surface area contributed by atoms with Crippen molar-refractivity contribution < 1.29 is 4.79 Å². The first-order chi connectivity index (χ1) is 9.84. The molecule has 1 amide bonds. The molecule has 108 valence electrons. The Morgan fingerprint density at radius 3 is 2.50 bits per heavy atom. The lowest BCUT2D eigenvalue weighted by molar-refractivity contribution is -0.130. The van der Waals surface area contributed by atoms with Crippen LogP contribution in [0.3, 0.4) is 0 Å². The highest BCUT2D eigenvalue weighted by atomic mass is 16.2. The zero-order valence-corrected chi connectivity index (χ0v) is 12.1. The highest BCUT2D eigenvalue weighted by molar-refractivity contribution is 5.78. The molecule has 0 radical (unpaired) electrons. The Balaban J connectivity index is 1.43. The summed E-state index contributed by atoms with van der Waals surface area (Å²) >= 11 is 0. The fourth-order valence-electron chi connectivity index (χ4n) is 3.14. The molecular formula is C17H24N2O. The van der Waals surface area contributed by atoms with Gasteiger partial charge in [0, 0.05) is 25.0 Å². The average Bonchev–Trinajstić information content (AvgIpc) is 3.29. The molecule has 2 fully saturated rings.